The predicted octanol–water partition coefficient (Wildman–Crippen LogP) is 2.66. The number of ether oxygens (including phenoxy) is 1. The van der Waals surface area contributed by atoms with Gasteiger partial charge in [-0.1, -0.05) is 50.3 Å². The van der Waals surface area contributed by atoms with Gasteiger partial charge in [0, 0.05) is 11.5 Å². The van der Waals surface area contributed by atoms with Gasteiger partial charge in [-0.2, -0.15) is 0 Å². The Morgan fingerprint density at radius 3 is 2.71 bits per heavy atom. The van der Waals surface area contributed by atoms with E-state index in [0.29, 0.717) is 12.3 Å². The number of hydrogen-bond donors (Lipinski definition) is 2. The van der Waals surface area contributed by atoms with Crippen LogP contribution in [0.4, 0.5) is 0 Å². The van der Waals surface area contributed by atoms with Crippen LogP contribution in [0.25, 0.3) is 0 Å². The summed E-state index contributed by atoms with van der Waals surface area (Å²) in [6, 6.07) is 8.02. The summed E-state index contributed by atoms with van der Waals surface area (Å²) < 4.78 is 7.33. The highest BCUT2D eigenvalue weighted by molar-refractivity contribution is 5.81. The van der Waals surface area contributed by atoms with Crippen LogP contribution in [0.5, 0.6) is 5.75 Å². The van der Waals surface area contributed by atoms with Crippen LogP contribution in [0, 0.1) is 5.92 Å². The van der Waals surface area contributed by atoms with E-state index in [-0.39, 0.29) is 0 Å². The molecule has 0 unspecified atom stereocenters. The maximum Gasteiger partial charge on any atom is 0.288 e. The summed E-state index contributed by atoms with van der Waals surface area (Å²) in [6.45, 7) is 5.31. The van der Waals surface area contributed by atoms with E-state index in [1.165, 1.54) is 19.3 Å². The molecule has 0 amide bonds. The maximum atomic E-state index is 5.94. The molecule has 0 saturated carbocycles. The number of aromatic nitrogens is 3. The van der Waals surface area contributed by atoms with E-state index >= 15 is 0 Å². The first kappa shape index (κ1) is 18.0. The van der Waals surface area contributed by atoms with Crippen LogP contribution in [-0.2, 0) is 6.42 Å². The third-order valence-corrected chi connectivity index (χ3v) is 3.69. The summed E-state index contributed by atoms with van der Waals surface area (Å²) in [5.74, 6) is 2.23. The van der Waals surface area contributed by atoms with Crippen LogP contribution < -0.4 is 15.1 Å². The monoisotopic (exact) mass is 330 g/mol. The molecular formula is C18H28N5O+. The highest BCUT2D eigenvalue weighted by Gasteiger charge is 2.02. The molecule has 130 valence electrons. The van der Waals surface area contributed by atoms with Gasteiger partial charge in [0.1, 0.15) is 11.6 Å². The van der Waals surface area contributed by atoms with Crippen molar-refractivity contribution in [1.29, 1.82) is 0 Å². The highest BCUT2D eigenvalue weighted by atomic mass is 16.5. The summed E-state index contributed by atoms with van der Waals surface area (Å²) in [7, 11) is 0. The second-order valence-electron chi connectivity index (χ2n) is 6.39. The minimum Gasteiger partial charge on any atom is -0.494 e. The Hall–Kier alpha value is -2.37. The lowest BCUT2D eigenvalue weighted by Gasteiger charge is -2.08. The van der Waals surface area contributed by atoms with Crippen LogP contribution in [0.1, 0.15) is 45.1 Å². The van der Waals surface area contributed by atoms with Crippen LogP contribution >= 0.6 is 0 Å². The Balaban J connectivity index is 1.70. The van der Waals surface area contributed by atoms with E-state index in [2.05, 4.69) is 29.1 Å². The van der Waals surface area contributed by atoms with Gasteiger partial charge in [-0.3, -0.25) is 0 Å². The lowest BCUT2D eigenvalue weighted by atomic mass is 10.1. The molecule has 0 aliphatic carbocycles. The minimum atomic E-state index is 0.528. The molecule has 1 aromatic carbocycles. The van der Waals surface area contributed by atoms with E-state index in [1.54, 1.807) is 17.3 Å². The Kier molecular flexibility index (Phi) is 7.26. The molecule has 0 aliphatic rings. The van der Waals surface area contributed by atoms with E-state index in [0.717, 1.165) is 30.3 Å². The fourth-order valence-corrected chi connectivity index (χ4v) is 2.39. The first-order chi connectivity index (χ1) is 11.6. The number of amidine groups is 1. The summed E-state index contributed by atoms with van der Waals surface area (Å²) in [4.78, 5) is 0. The molecule has 6 nitrogen and oxygen atoms in total. The molecule has 0 bridgehead atoms. The second-order valence-corrected chi connectivity index (χ2v) is 6.39. The number of nitrogens with two attached hydrogens (primary N) is 1. The molecule has 0 spiro atoms. The topological polar surface area (TPSA) is 80.2 Å². The molecule has 2 rings (SSSR count). The van der Waals surface area contributed by atoms with Gasteiger partial charge in [0.2, 0.25) is 6.33 Å². The number of H-pyrrole nitrogens is 1. The number of aromatic amines is 1. The fraction of sp³-hybridized carbons (Fsp3) is 0.500. The second kappa shape index (κ2) is 9.70. The number of unbranched alkanes of at least 4 members (excludes halogenated alkanes) is 2. The Morgan fingerprint density at radius 2 is 2.04 bits per heavy atom. The first-order valence-corrected chi connectivity index (χ1v) is 8.58. The van der Waals surface area contributed by atoms with E-state index < -0.39 is 0 Å². The van der Waals surface area contributed by atoms with Crippen LogP contribution in [0.15, 0.2) is 42.0 Å². The lowest BCUT2D eigenvalue weighted by molar-refractivity contribution is -0.679. The van der Waals surface area contributed by atoms with E-state index in [9.17, 15) is 0 Å². The molecule has 24 heavy (non-hydrogen) atoms. The molecule has 0 saturated heterocycles. The largest absolute Gasteiger partial charge is 0.494 e. The van der Waals surface area contributed by atoms with Gasteiger partial charge in [0.25, 0.3) is 6.33 Å². The minimum absolute atomic E-state index is 0.528. The van der Waals surface area contributed by atoms with Crippen molar-refractivity contribution >= 4 is 5.84 Å². The maximum absolute atomic E-state index is 5.94. The zero-order valence-corrected chi connectivity index (χ0v) is 14.6. The normalized spacial score (nSPS) is 11.9. The van der Waals surface area contributed by atoms with Gasteiger partial charge in [0.15, 0.2) is 0 Å². The Labute approximate surface area is 143 Å². The van der Waals surface area contributed by atoms with Crippen molar-refractivity contribution in [2.75, 3.05) is 6.61 Å². The van der Waals surface area contributed by atoms with Gasteiger partial charge in [-0.15, -0.1) is 9.77 Å². The van der Waals surface area contributed by atoms with Crippen LogP contribution in [0.2, 0.25) is 0 Å². The highest BCUT2D eigenvalue weighted by Crippen LogP contribution is 2.14. The van der Waals surface area contributed by atoms with Crippen molar-refractivity contribution in [2.45, 2.75) is 46.0 Å². The zero-order chi connectivity index (χ0) is 17.2. The standard InChI is InChI=1S/C18H27N5O/c1-15(2)6-4-3-5-11-24-17-9-7-16(8-10-17)12-18(19)22-23-13-20-21-14-23/h7-10,13-15H,3-6,11-12H2,1-2H3,(H2,19,22)/p+1. The molecule has 6 heteroatoms. The van der Waals surface area contributed by atoms with Crippen molar-refractivity contribution < 1.29 is 9.41 Å². The van der Waals surface area contributed by atoms with Gasteiger partial charge in [-0.25, -0.2) is 0 Å². The number of benzene rings is 1. The zero-order valence-electron chi connectivity index (χ0n) is 14.6. The Bertz CT molecular complexity index is 605. The van der Waals surface area contributed by atoms with Gasteiger partial charge >= 0.3 is 0 Å². The molecule has 0 radical (unpaired) electrons. The predicted molar refractivity (Wildman–Crippen MR) is 94.8 cm³/mol. The van der Waals surface area contributed by atoms with Crippen molar-refractivity contribution in [2.24, 2.45) is 16.8 Å². The van der Waals surface area contributed by atoms with Gasteiger partial charge < -0.3 is 10.5 Å². The van der Waals surface area contributed by atoms with Crippen molar-refractivity contribution in [3.05, 3.63) is 42.5 Å². The number of rotatable bonds is 10. The number of hydrogen-bond acceptors (Lipinski definition) is 3. The third kappa shape index (κ3) is 6.81. The van der Waals surface area contributed by atoms with Crippen LogP contribution in [0.3, 0.4) is 0 Å². The molecular weight excluding hydrogens is 302 g/mol. The number of nitrogens with one attached hydrogen (secondary N) is 1. The molecule has 0 fully saturated rings. The average molecular weight is 330 g/mol. The SMILES string of the molecule is CC(C)CCCCCOc1ccc(CC(N)=N[n+]2cn[nH]c2)cc1. The first-order valence-electron chi connectivity index (χ1n) is 8.58. The summed E-state index contributed by atoms with van der Waals surface area (Å²) >= 11 is 0. The Morgan fingerprint density at radius 1 is 1.25 bits per heavy atom. The van der Waals surface area contributed by atoms with Crippen molar-refractivity contribution in [1.82, 2.24) is 10.2 Å². The molecule has 0 aliphatic heterocycles. The fourth-order valence-electron chi connectivity index (χ4n) is 2.39. The lowest BCUT2D eigenvalue weighted by Crippen LogP contribution is -2.30. The number of nitrogens with zero attached hydrogens (tertiary/aromatic N) is 3. The summed E-state index contributed by atoms with van der Waals surface area (Å²) in [5, 5.41) is 10.7. The van der Waals surface area contributed by atoms with E-state index in [4.69, 9.17) is 10.5 Å². The molecule has 1 heterocycles. The smallest absolute Gasteiger partial charge is 0.288 e. The molecule has 1 aromatic heterocycles. The third-order valence-electron chi connectivity index (χ3n) is 3.69. The average Bonchev–Trinajstić information content (AvgIpc) is 3.05. The van der Waals surface area contributed by atoms with Crippen molar-refractivity contribution in [3.8, 4) is 5.75 Å². The van der Waals surface area contributed by atoms with E-state index in [1.807, 2.05) is 24.3 Å². The molecule has 2 aromatic rings. The van der Waals surface area contributed by atoms with Gasteiger partial charge in [0.05, 0.1) is 6.61 Å². The van der Waals surface area contributed by atoms with Crippen molar-refractivity contribution in [3.63, 3.8) is 0 Å². The molecule has 3 N–H and O–H groups in total. The molecule has 0 atom stereocenters. The summed E-state index contributed by atoms with van der Waals surface area (Å²) in [5.41, 5.74) is 7.04. The quantitative estimate of drug-likeness (QED) is 0.304. The summed E-state index contributed by atoms with van der Waals surface area (Å²) in [6.07, 6.45) is 8.70. The van der Waals surface area contributed by atoms with Gasteiger partial charge in [-0.05, 0) is 30.0 Å². The van der Waals surface area contributed by atoms with Crippen LogP contribution in [-0.4, -0.2) is 22.6 Å².